The fourth-order valence-electron chi connectivity index (χ4n) is 2.69. The number of hydrogen-bond acceptors (Lipinski definition) is 3. The van der Waals surface area contributed by atoms with Crippen LogP contribution in [-0.2, 0) is 11.2 Å². The molecule has 5 heteroatoms. The number of aromatic amines is 1. The van der Waals surface area contributed by atoms with Crippen LogP contribution in [0.5, 0.6) is 5.75 Å². The van der Waals surface area contributed by atoms with Crippen molar-refractivity contribution < 1.29 is 9.90 Å². The van der Waals surface area contributed by atoms with Gasteiger partial charge in [-0.1, -0.05) is 18.2 Å². The fraction of sp³-hybridized carbons (Fsp3) is 0.222. The third kappa shape index (κ3) is 2.90. The third-order valence-corrected chi connectivity index (χ3v) is 4.16. The summed E-state index contributed by atoms with van der Waals surface area (Å²) in [6.07, 6.45) is 2.73. The van der Waals surface area contributed by atoms with Crippen molar-refractivity contribution in [2.75, 3.05) is 5.32 Å². The zero-order chi connectivity index (χ0) is 15.8. The maximum atomic E-state index is 11.9. The Hall–Kier alpha value is -2.82. The van der Waals surface area contributed by atoms with Crippen LogP contribution in [0.3, 0.4) is 0 Å². The maximum absolute atomic E-state index is 11.9. The predicted octanol–water partition coefficient (Wildman–Crippen LogP) is 3.21. The molecule has 0 radical (unpaired) electrons. The number of rotatable bonds is 4. The number of aromatic nitrogens is 2. The van der Waals surface area contributed by atoms with Gasteiger partial charge in [-0.05, 0) is 54.7 Å². The zero-order valence-electron chi connectivity index (χ0n) is 12.5. The fourth-order valence-corrected chi connectivity index (χ4v) is 2.69. The van der Waals surface area contributed by atoms with E-state index >= 15 is 0 Å². The number of aromatic hydroxyl groups is 1. The van der Waals surface area contributed by atoms with Crippen LogP contribution in [0.15, 0.2) is 42.5 Å². The van der Waals surface area contributed by atoms with Gasteiger partial charge in [0.25, 0.3) is 0 Å². The lowest BCUT2D eigenvalue weighted by Gasteiger charge is -2.04. The Kier molecular flexibility index (Phi) is 3.26. The van der Waals surface area contributed by atoms with E-state index in [1.807, 2.05) is 30.3 Å². The Balaban J connectivity index is 1.56. The van der Waals surface area contributed by atoms with E-state index in [0.29, 0.717) is 5.82 Å². The lowest BCUT2D eigenvalue weighted by Crippen LogP contribution is -2.13. The number of hydrogen-bond donors (Lipinski definition) is 3. The molecule has 1 saturated carbocycles. The molecule has 0 bridgehead atoms. The molecule has 2 aromatic carbocycles. The number of carbonyl (C=O) groups is 1. The highest BCUT2D eigenvalue weighted by molar-refractivity contribution is 6.01. The monoisotopic (exact) mass is 307 g/mol. The number of fused-ring (bicyclic) bond motifs is 1. The molecule has 1 amide bonds. The number of phenols is 1. The molecule has 1 aromatic heterocycles. The molecule has 3 N–H and O–H groups in total. The Morgan fingerprint density at radius 1 is 1.17 bits per heavy atom. The van der Waals surface area contributed by atoms with Gasteiger partial charge in [0.15, 0.2) is 5.82 Å². The average Bonchev–Trinajstić information content (AvgIpc) is 3.33. The van der Waals surface area contributed by atoms with E-state index in [0.717, 1.165) is 41.3 Å². The molecule has 0 saturated heterocycles. The van der Waals surface area contributed by atoms with Crippen LogP contribution < -0.4 is 5.32 Å². The van der Waals surface area contributed by atoms with Crippen molar-refractivity contribution in [1.29, 1.82) is 0 Å². The summed E-state index contributed by atoms with van der Waals surface area (Å²) in [6.45, 7) is 0. The topological polar surface area (TPSA) is 78.0 Å². The van der Waals surface area contributed by atoms with Gasteiger partial charge in [0.1, 0.15) is 5.75 Å². The van der Waals surface area contributed by atoms with Crippen molar-refractivity contribution in [3.8, 4) is 5.75 Å². The van der Waals surface area contributed by atoms with E-state index < -0.39 is 0 Å². The minimum absolute atomic E-state index is 0.0616. The van der Waals surface area contributed by atoms with Gasteiger partial charge in [0.05, 0.1) is 5.52 Å². The standard InChI is InChI=1S/C18H17N3O2/c22-14-6-1-11(2-7-14)9-12-3-8-15-16(10-12)20-21-17(15)19-18(23)13-4-5-13/h1-3,6-8,10,13,22H,4-5,9H2,(H2,19,20,21,23). The summed E-state index contributed by atoms with van der Waals surface area (Å²) in [7, 11) is 0. The summed E-state index contributed by atoms with van der Waals surface area (Å²) in [5.41, 5.74) is 3.18. The first-order valence-corrected chi connectivity index (χ1v) is 7.75. The second-order valence-electron chi connectivity index (χ2n) is 6.06. The van der Waals surface area contributed by atoms with Crippen molar-refractivity contribution in [2.45, 2.75) is 19.3 Å². The Morgan fingerprint density at radius 3 is 2.65 bits per heavy atom. The summed E-state index contributed by atoms with van der Waals surface area (Å²) in [6, 6.07) is 13.3. The van der Waals surface area contributed by atoms with Crippen molar-refractivity contribution in [1.82, 2.24) is 10.2 Å². The quantitative estimate of drug-likeness (QED) is 0.692. The average molecular weight is 307 g/mol. The first kappa shape index (κ1) is 13.8. The van der Waals surface area contributed by atoms with Crippen molar-refractivity contribution in [3.05, 3.63) is 53.6 Å². The summed E-state index contributed by atoms with van der Waals surface area (Å²) >= 11 is 0. The van der Waals surface area contributed by atoms with Gasteiger partial charge in [-0.25, -0.2) is 0 Å². The molecule has 1 aliphatic rings. The number of amides is 1. The van der Waals surface area contributed by atoms with E-state index in [2.05, 4.69) is 15.5 Å². The summed E-state index contributed by atoms with van der Waals surface area (Å²) in [4.78, 5) is 11.9. The molecular weight excluding hydrogens is 290 g/mol. The normalized spacial score (nSPS) is 14.1. The molecule has 5 nitrogen and oxygen atoms in total. The smallest absolute Gasteiger partial charge is 0.228 e. The van der Waals surface area contributed by atoms with Gasteiger partial charge in [-0.3, -0.25) is 9.89 Å². The Labute approximate surface area is 133 Å². The second kappa shape index (κ2) is 5.43. The lowest BCUT2D eigenvalue weighted by atomic mass is 10.0. The van der Waals surface area contributed by atoms with E-state index in [9.17, 15) is 9.90 Å². The van der Waals surface area contributed by atoms with E-state index in [-0.39, 0.29) is 17.6 Å². The van der Waals surface area contributed by atoms with Gasteiger partial charge >= 0.3 is 0 Å². The second-order valence-corrected chi connectivity index (χ2v) is 6.06. The molecule has 23 heavy (non-hydrogen) atoms. The zero-order valence-corrected chi connectivity index (χ0v) is 12.5. The largest absolute Gasteiger partial charge is 0.508 e. The number of carbonyl (C=O) groups excluding carboxylic acids is 1. The number of nitrogens with zero attached hydrogens (tertiary/aromatic N) is 1. The van der Waals surface area contributed by atoms with Gasteiger partial charge in [-0.15, -0.1) is 0 Å². The highest BCUT2D eigenvalue weighted by Crippen LogP contribution is 2.31. The third-order valence-electron chi connectivity index (χ3n) is 4.16. The number of H-pyrrole nitrogens is 1. The molecule has 1 aliphatic carbocycles. The van der Waals surface area contributed by atoms with Crippen molar-refractivity contribution >= 4 is 22.6 Å². The Bertz CT molecular complexity index is 864. The number of benzene rings is 2. The maximum Gasteiger partial charge on any atom is 0.228 e. The highest BCUT2D eigenvalue weighted by atomic mass is 16.3. The first-order chi connectivity index (χ1) is 11.2. The first-order valence-electron chi connectivity index (χ1n) is 7.75. The number of phenolic OH excluding ortho intramolecular Hbond substituents is 1. The Morgan fingerprint density at radius 2 is 1.91 bits per heavy atom. The van der Waals surface area contributed by atoms with Crippen LogP contribution in [0.4, 0.5) is 5.82 Å². The molecular formula is C18H17N3O2. The summed E-state index contributed by atoms with van der Waals surface area (Å²) in [5, 5.41) is 20.4. The van der Waals surface area contributed by atoms with Gasteiger partial charge in [-0.2, -0.15) is 5.10 Å². The van der Waals surface area contributed by atoms with Crippen molar-refractivity contribution in [3.63, 3.8) is 0 Å². The van der Waals surface area contributed by atoms with Gasteiger partial charge in [0, 0.05) is 11.3 Å². The van der Waals surface area contributed by atoms with Crippen LogP contribution >= 0.6 is 0 Å². The summed E-state index contributed by atoms with van der Waals surface area (Å²) < 4.78 is 0. The van der Waals surface area contributed by atoms with Gasteiger partial charge in [0.2, 0.25) is 5.91 Å². The molecule has 0 aliphatic heterocycles. The number of nitrogens with one attached hydrogen (secondary N) is 2. The van der Waals surface area contributed by atoms with Crippen LogP contribution in [-0.4, -0.2) is 21.2 Å². The van der Waals surface area contributed by atoms with Crippen LogP contribution in [0, 0.1) is 5.92 Å². The molecule has 4 rings (SSSR count). The molecule has 0 unspecified atom stereocenters. The number of anilines is 1. The minimum atomic E-state index is 0.0616. The molecule has 0 spiro atoms. The molecule has 3 aromatic rings. The van der Waals surface area contributed by atoms with E-state index in [4.69, 9.17) is 0 Å². The van der Waals surface area contributed by atoms with Crippen LogP contribution in [0.1, 0.15) is 24.0 Å². The predicted molar refractivity (Wildman–Crippen MR) is 88.4 cm³/mol. The summed E-state index contributed by atoms with van der Waals surface area (Å²) in [5.74, 6) is 1.10. The highest BCUT2D eigenvalue weighted by Gasteiger charge is 2.30. The van der Waals surface area contributed by atoms with E-state index in [1.165, 1.54) is 0 Å². The van der Waals surface area contributed by atoms with Crippen LogP contribution in [0.2, 0.25) is 0 Å². The lowest BCUT2D eigenvalue weighted by molar-refractivity contribution is -0.117. The van der Waals surface area contributed by atoms with Crippen molar-refractivity contribution in [2.24, 2.45) is 5.92 Å². The molecule has 1 fully saturated rings. The molecule has 116 valence electrons. The molecule has 1 heterocycles. The van der Waals surface area contributed by atoms with Crippen LogP contribution in [0.25, 0.3) is 10.9 Å². The SMILES string of the molecule is O=C(Nc1n[nH]c2cc(Cc3ccc(O)cc3)ccc12)C1CC1. The minimum Gasteiger partial charge on any atom is -0.508 e. The van der Waals surface area contributed by atoms with Gasteiger partial charge < -0.3 is 10.4 Å². The molecule has 0 atom stereocenters. The van der Waals surface area contributed by atoms with E-state index in [1.54, 1.807) is 12.1 Å².